The summed E-state index contributed by atoms with van der Waals surface area (Å²) in [7, 11) is 0. The number of amides is 1. The smallest absolute Gasteiger partial charge is 0.236 e. The van der Waals surface area contributed by atoms with E-state index in [0.29, 0.717) is 5.92 Å². The minimum atomic E-state index is -0.339. The van der Waals surface area contributed by atoms with Crippen molar-refractivity contribution < 1.29 is 4.79 Å². The molecule has 0 saturated carbocycles. The lowest BCUT2D eigenvalue weighted by atomic mass is 9.96. The Labute approximate surface area is 143 Å². The first-order valence-electron chi connectivity index (χ1n) is 7.97. The Bertz CT molecular complexity index is 419. The third-order valence-electron chi connectivity index (χ3n) is 4.17. The van der Waals surface area contributed by atoms with Gasteiger partial charge in [-0.05, 0) is 49.7 Å². The molecule has 3 N–H and O–H groups in total. The van der Waals surface area contributed by atoms with Gasteiger partial charge >= 0.3 is 0 Å². The molecule has 22 heavy (non-hydrogen) atoms. The summed E-state index contributed by atoms with van der Waals surface area (Å²) in [5.41, 5.74) is 5.82. The van der Waals surface area contributed by atoms with Crippen molar-refractivity contribution >= 4 is 29.7 Å². The molecular weight excluding hydrogens is 318 g/mol. The molecule has 1 aromatic heterocycles. The van der Waals surface area contributed by atoms with E-state index >= 15 is 0 Å². The molecule has 1 saturated heterocycles. The van der Waals surface area contributed by atoms with Crippen LogP contribution in [0.4, 0.5) is 0 Å². The molecule has 4 nitrogen and oxygen atoms in total. The zero-order chi connectivity index (χ0) is 15.1. The third kappa shape index (κ3) is 6.24. The number of likely N-dealkylation sites (tertiary alicyclic amines) is 1. The van der Waals surface area contributed by atoms with Crippen molar-refractivity contribution in [1.82, 2.24) is 10.2 Å². The van der Waals surface area contributed by atoms with Crippen LogP contribution in [-0.4, -0.2) is 36.5 Å². The molecule has 1 amide bonds. The van der Waals surface area contributed by atoms with E-state index in [0.717, 1.165) is 51.9 Å². The molecular formula is C16H28ClN3OS. The van der Waals surface area contributed by atoms with Gasteiger partial charge in [0.05, 0.1) is 6.04 Å². The van der Waals surface area contributed by atoms with Crippen LogP contribution < -0.4 is 11.1 Å². The van der Waals surface area contributed by atoms with E-state index in [-0.39, 0.29) is 24.4 Å². The van der Waals surface area contributed by atoms with Gasteiger partial charge in [-0.2, -0.15) is 0 Å². The third-order valence-corrected chi connectivity index (χ3v) is 5.03. The molecule has 2 heterocycles. The van der Waals surface area contributed by atoms with E-state index in [2.05, 4.69) is 34.7 Å². The molecule has 0 spiro atoms. The predicted octanol–water partition coefficient (Wildman–Crippen LogP) is 2.63. The fraction of sp³-hybridized carbons (Fsp3) is 0.688. The standard InChI is InChI=1S/C16H27N3OS.ClH/c1-2-4-15(17)16(20)18-11-13-6-8-19(9-7-13)12-14-5-3-10-21-14;/h3,5,10,13,15H,2,4,6-9,11-12,17H2,1H3,(H,18,20);1H. The molecule has 6 heteroatoms. The molecule has 0 aromatic carbocycles. The molecule has 1 aromatic rings. The fourth-order valence-electron chi connectivity index (χ4n) is 2.79. The summed E-state index contributed by atoms with van der Waals surface area (Å²) in [4.78, 5) is 15.8. The van der Waals surface area contributed by atoms with Gasteiger partial charge in [-0.25, -0.2) is 0 Å². The largest absolute Gasteiger partial charge is 0.354 e. The lowest BCUT2D eigenvalue weighted by Gasteiger charge is -2.31. The van der Waals surface area contributed by atoms with E-state index < -0.39 is 0 Å². The van der Waals surface area contributed by atoms with Gasteiger partial charge in [0, 0.05) is 18.0 Å². The number of halogens is 1. The van der Waals surface area contributed by atoms with Crippen molar-refractivity contribution in [2.75, 3.05) is 19.6 Å². The maximum atomic E-state index is 11.8. The first kappa shape index (κ1) is 19.4. The quantitative estimate of drug-likeness (QED) is 0.798. The minimum absolute atomic E-state index is 0. The summed E-state index contributed by atoms with van der Waals surface area (Å²) in [6.07, 6.45) is 4.05. The summed E-state index contributed by atoms with van der Waals surface area (Å²) in [5, 5.41) is 5.15. The number of piperidine rings is 1. The van der Waals surface area contributed by atoms with Gasteiger partial charge in [0.2, 0.25) is 5.91 Å². The topological polar surface area (TPSA) is 58.4 Å². The highest BCUT2D eigenvalue weighted by atomic mass is 35.5. The summed E-state index contributed by atoms with van der Waals surface area (Å²) in [6.45, 7) is 6.15. The van der Waals surface area contributed by atoms with Gasteiger partial charge in [-0.1, -0.05) is 19.4 Å². The molecule has 1 unspecified atom stereocenters. The summed E-state index contributed by atoms with van der Waals surface area (Å²) in [6, 6.07) is 3.97. The Hall–Kier alpha value is -0.620. The molecule has 1 aliphatic rings. The number of rotatable bonds is 7. The molecule has 1 aliphatic heterocycles. The second-order valence-corrected chi connectivity index (χ2v) is 6.97. The van der Waals surface area contributed by atoms with Gasteiger partial charge in [-0.3, -0.25) is 9.69 Å². The molecule has 1 fully saturated rings. The molecule has 2 rings (SSSR count). The molecule has 126 valence electrons. The van der Waals surface area contributed by atoms with Crippen LogP contribution in [0.3, 0.4) is 0 Å². The Kier molecular flexibility index (Phi) is 9.02. The lowest BCUT2D eigenvalue weighted by molar-refractivity contribution is -0.122. The lowest BCUT2D eigenvalue weighted by Crippen LogP contribution is -2.44. The predicted molar refractivity (Wildman–Crippen MR) is 95.5 cm³/mol. The van der Waals surface area contributed by atoms with Gasteiger partial charge in [0.15, 0.2) is 0 Å². The number of hydrogen-bond acceptors (Lipinski definition) is 4. The van der Waals surface area contributed by atoms with Crippen molar-refractivity contribution in [3.63, 3.8) is 0 Å². The van der Waals surface area contributed by atoms with Crippen LogP contribution in [0.1, 0.15) is 37.5 Å². The van der Waals surface area contributed by atoms with Crippen LogP contribution in [0.15, 0.2) is 17.5 Å². The second-order valence-electron chi connectivity index (χ2n) is 5.94. The van der Waals surface area contributed by atoms with E-state index in [1.165, 1.54) is 4.88 Å². The molecule has 0 aliphatic carbocycles. The first-order valence-corrected chi connectivity index (χ1v) is 8.85. The van der Waals surface area contributed by atoms with E-state index in [1.807, 2.05) is 11.3 Å². The highest BCUT2D eigenvalue weighted by molar-refractivity contribution is 7.09. The van der Waals surface area contributed by atoms with Gasteiger partial charge in [0.1, 0.15) is 0 Å². The second kappa shape index (κ2) is 10.2. The average molecular weight is 346 g/mol. The Balaban J connectivity index is 0.00000242. The van der Waals surface area contributed by atoms with Crippen molar-refractivity contribution in [3.05, 3.63) is 22.4 Å². The molecule has 0 bridgehead atoms. The normalized spacial score (nSPS) is 17.7. The summed E-state index contributed by atoms with van der Waals surface area (Å²) < 4.78 is 0. The fourth-order valence-corrected chi connectivity index (χ4v) is 3.54. The highest BCUT2D eigenvalue weighted by Gasteiger charge is 2.21. The summed E-state index contributed by atoms with van der Waals surface area (Å²) in [5.74, 6) is 0.611. The highest BCUT2D eigenvalue weighted by Crippen LogP contribution is 2.20. The number of carbonyl (C=O) groups excluding carboxylic acids is 1. The zero-order valence-electron chi connectivity index (χ0n) is 13.3. The van der Waals surface area contributed by atoms with Crippen molar-refractivity contribution in [1.29, 1.82) is 0 Å². The first-order chi connectivity index (χ1) is 10.2. The van der Waals surface area contributed by atoms with E-state index in [9.17, 15) is 4.79 Å². The minimum Gasteiger partial charge on any atom is -0.354 e. The number of thiophene rings is 1. The molecule has 0 radical (unpaired) electrons. The van der Waals surface area contributed by atoms with Crippen molar-refractivity contribution in [3.8, 4) is 0 Å². The average Bonchev–Trinajstić information content (AvgIpc) is 2.99. The Morgan fingerprint density at radius 2 is 2.23 bits per heavy atom. The zero-order valence-corrected chi connectivity index (χ0v) is 14.9. The van der Waals surface area contributed by atoms with Crippen molar-refractivity contribution in [2.45, 2.75) is 45.2 Å². The van der Waals surface area contributed by atoms with Crippen molar-refractivity contribution in [2.24, 2.45) is 11.7 Å². The maximum Gasteiger partial charge on any atom is 0.236 e. The number of hydrogen-bond donors (Lipinski definition) is 2. The Morgan fingerprint density at radius 1 is 1.50 bits per heavy atom. The van der Waals surface area contributed by atoms with E-state index in [1.54, 1.807) is 0 Å². The number of nitrogens with zero attached hydrogens (tertiary/aromatic N) is 1. The number of carbonyl (C=O) groups is 1. The maximum absolute atomic E-state index is 11.8. The van der Waals surface area contributed by atoms with Crippen LogP contribution in [0.5, 0.6) is 0 Å². The van der Waals surface area contributed by atoms with Crippen LogP contribution in [-0.2, 0) is 11.3 Å². The van der Waals surface area contributed by atoms with Gasteiger partial charge in [0.25, 0.3) is 0 Å². The number of nitrogens with two attached hydrogens (primary N) is 1. The SMILES string of the molecule is CCCC(N)C(=O)NCC1CCN(Cc2cccs2)CC1.Cl. The van der Waals surface area contributed by atoms with Crippen LogP contribution >= 0.6 is 23.7 Å². The van der Waals surface area contributed by atoms with Gasteiger partial charge < -0.3 is 11.1 Å². The number of nitrogens with one attached hydrogen (secondary N) is 1. The monoisotopic (exact) mass is 345 g/mol. The van der Waals surface area contributed by atoms with Crippen LogP contribution in [0, 0.1) is 5.92 Å². The Morgan fingerprint density at radius 3 is 2.82 bits per heavy atom. The summed E-state index contributed by atoms with van der Waals surface area (Å²) >= 11 is 1.83. The van der Waals surface area contributed by atoms with Crippen LogP contribution in [0.25, 0.3) is 0 Å². The van der Waals surface area contributed by atoms with E-state index in [4.69, 9.17) is 5.73 Å². The van der Waals surface area contributed by atoms with Gasteiger partial charge in [-0.15, -0.1) is 23.7 Å². The molecule has 1 atom stereocenters. The van der Waals surface area contributed by atoms with Crippen LogP contribution in [0.2, 0.25) is 0 Å².